The number of nitrogens with zero attached hydrogens (tertiary/aromatic N) is 1. The zero-order valence-electron chi connectivity index (χ0n) is 10.4. The van der Waals surface area contributed by atoms with Gasteiger partial charge in [0.05, 0.1) is 11.4 Å². The summed E-state index contributed by atoms with van der Waals surface area (Å²) in [6.07, 6.45) is 1.46. The average molecular weight is 316 g/mol. The number of nitrogen functional groups attached to an aromatic ring is 1. The van der Waals surface area contributed by atoms with E-state index in [-0.39, 0.29) is 21.4 Å². The Morgan fingerprint density at radius 1 is 1.35 bits per heavy atom. The fraction of sp³-hybridized carbons (Fsp3) is 0.0833. The van der Waals surface area contributed by atoms with Crippen LogP contribution in [0.25, 0.3) is 0 Å². The van der Waals surface area contributed by atoms with Crippen LogP contribution in [0.4, 0.5) is 15.8 Å². The lowest BCUT2D eigenvalue weighted by Crippen LogP contribution is -2.16. The lowest BCUT2D eigenvalue weighted by molar-refractivity contribution is 0.600. The monoisotopic (exact) mass is 315 g/mol. The number of hydrogen-bond acceptors (Lipinski definition) is 4. The molecular weight excluding hydrogens is 305 g/mol. The van der Waals surface area contributed by atoms with E-state index in [1.165, 1.54) is 6.20 Å². The van der Waals surface area contributed by atoms with Crippen molar-refractivity contribution in [3.05, 3.63) is 47.0 Å². The van der Waals surface area contributed by atoms with Gasteiger partial charge in [0.25, 0.3) is 10.0 Å². The molecule has 0 saturated carbocycles. The van der Waals surface area contributed by atoms with Crippen molar-refractivity contribution in [1.29, 1.82) is 0 Å². The lowest BCUT2D eigenvalue weighted by Gasteiger charge is -2.12. The van der Waals surface area contributed by atoms with E-state index in [0.717, 1.165) is 18.2 Å². The molecule has 1 aromatic heterocycles. The molecule has 2 aromatic rings. The van der Waals surface area contributed by atoms with Crippen LogP contribution in [0.15, 0.2) is 35.4 Å². The van der Waals surface area contributed by atoms with E-state index in [1.807, 2.05) is 0 Å². The van der Waals surface area contributed by atoms with Crippen LogP contribution in [0, 0.1) is 12.7 Å². The molecule has 0 fully saturated rings. The second-order valence-corrected chi connectivity index (χ2v) is 6.09. The molecule has 2 rings (SSSR count). The van der Waals surface area contributed by atoms with Gasteiger partial charge in [0.15, 0.2) is 5.15 Å². The molecule has 0 radical (unpaired) electrons. The number of sulfonamides is 1. The molecule has 1 aromatic carbocycles. The van der Waals surface area contributed by atoms with Crippen molar-refractivity contribution in [3.63, 3.8) is 0 Å². The minimum absolute atomic E-state index is 0.0225. The Hall–Kier alpha value is -1.86. The summed E-state index contributed by atoms with van der Waals surface area (Å²) in [7, 11) is -3.97. The normalized spacial score (nSPS) is 11.3. The fourth-order valence-corrected chi connectivity index (χ4v) is 3.16. The molecule has 0 aliphatic carbocycles. The van der Waals surface area contributed by atoms with Crippen molar-refractivity contribution in [2.75, 3.05) is 10.5 Å². The number of anilines is 2. The van der Waals surface area contributed by atoms with Crippen molar-refractivity contribution in [2.24, 2.45) is 0 Å². The molecule has 106 valence electrons. The summed E-state index contributed by atoms with van der Waals surface area (Å²) in [5, 5.41) is 0.0225. The number of aromatic nitrogens is 1. The van der Waals surface area contributed by atoms with Crippen molar-refractivity contribution in [2.45, 2.75) is 11.8 Å². The minimum Gasteiger partial charge on any atom is -0.398 e. The van der Waals surface area contributed by atoms with Gasteiger partial charge in [0.2, 0.25) is 0 Å². The van der Waals surface area contributed by atoms with Crippen molar-refractivity contribution < 1.29 is 12.8 Å². The highest BCUT2D eigenvalue weighted by atomic mass is 35.5. The third-order valence-electron chi connectivity index (χ3n) is 2.61. The number of nitrogens with one attached hydrogen (secondary N) is 1. The predicted octanol–water partition coefficient (Wildman–Crippen LogP) is 2.57. The van der Waals surface area contributed by atoms with E-state index in [1.54, 1.807) is 13.0 Å². The molecule has 0 unspecified atom stereocenters. The summed E-state index contributed by atoms with van der Waals surface area (Å²) >= 11 is 5.86. The Balaban J connectivity index is 2.46. The molecule has 20 heavy (non-hydrogen) atoms. The Morgan fingerprint density at radius 3 is 2.65 bits per heavy atom. The van der Waals surface area contributed by atoms with Gasteiger partial charge in [-0.1, -0.05) is 11.6 Å². The zero-order valence-corrected chi connectivity index (χ0v) is 12.0. The summed E-state index contributed by atoms with van der Waals surface area (Å²) in [4.78, 5) is 3.58. The van der Waals surface area contributed by atoms with Crippen LogP contribution in [0.5, 0.6) is 0 Å². The topological polar surface area (TPSA) is 85.1 Å². The summed E-state index contributed by atoms with van der Waals surface area (Å²) < 4.78 is 39.7. The molecule has 0 bridgehead atoms. The molecule has 5 nitrogen and oxygen atoms in total. The number of nitrogens with two attached hydrogens (primary N) is 1. The van der Waals surface area contributed by atoms with Crippen LogP contribution in [-0.4, -0.2) is 13.4 Å². The van der Waals surface area contributed by atoms with Crippen LogP contribution in [0.3, 0.4) is 0 Å². The van der Waals surface area contributed by atoms with Crippen LogP contribution in [0.2, 0.25) is 5.15 Å². The lowest BCUT2D eigenvalue weighted by atomic mass is 10.3. The second-order valence-electron chi connectivity index (χ2n) is 4.08. The molecule has 0 aliphatic rings. The van der Waals surface area contributed by atoms with E-state index in [9.17, 15) is 12.8 Å². The SMILES string of the molecule is Cc1ccnc(Cl)c1NS(=O)(=O)c1ccc(F)cc1N. The molecular formula is C12H11ClFN3O2S. The van der Waals surface area contributed by atoms with Gasteiger partial charge in [0.1, 0.15) is 10.7 Å². The highest BCUT2D eigenvalue weighted by molar-refractivity contribution is 7.92. The molecule has 1 heterocycles. The first-order valence-corrected chi connectivity index (χ1v) is 7.36. The summed E-state index contributed by atoms with van der Waals surface area (Å²) in [6.45, 7) is 1.68. The minimum atomic E-state index is -3.97. The number of aryl methyl sites for hydroxylation is 1. The molecule has 0 saturated heterocycles. The smallest absolute Gasteiger partial charge is 0.264 e. The van der Waals surface area contributed by atoms with Crippen LogP contribution in [0.1, 0.15) is 5.56 Å². The molecule has 0 aliphatic heterocycles. The quantitative estimate of drug-likeness (QED) is 0.673. The maximum atomic E-state index is 13.0. The number of benzene rings is 1. The predicted molar refractivity (Wildman–Crippen MR) is 75.6 cm³/mol. The first-order valence-electron chi connectivity index (χ1n) is 5.50. The standard InChI is InChI=1S/C12H11ClFN3O2S/c1-7-4-5-16-12(13)11(7)17-20(18,19)10-3-2-8(14)6-9(10)15/h2-6,17H,15H2,1H3. The Bertz CT molecular complexity index is 745. The third-order valence-corrected chi connectivity index (χ3v) is 4.32. The number of pyridine rings is 1. The number of halogens is 2. The number of rotatable bonds is 3. The maximum Gasteiger partial charge on any atom is 0.264 e. The van der Waals surface area contributed by atoms with E-state index in [2.05, 4.69) is 9.71 Å². The highest BCUT2D eigenvalue weighted by Gasteiger charge is 2.20. The highest BCUT2D eigenvalue weighted by Crippen LogP contribution is 2.27. The summed E-state index contributed by atoms with van der Waals surface area (Å²) in [5.41, 5.74) is 6.11. The van der Waals surface area contributed by atoms with Gasteiger partial charge in [-0.05, 0) is 36.8 Å². The first-order chi connectivity index (χ1) is 9.31. The van der Waals surface area contributed by atoms with Crippen LogP contribution in [-0.2, 0) is 10.0 Å². The molecule has 0 spiro atoms. The van der Waals surface area contributed by atoms with Gasteiger partial charge in [-0.15, -0.1) is 0 Å². The van der Waals surface area contributed by atoms with Crippen molar-refractivity contribution in [3.8, 4) is 0 Å². The average Bonchev–Trinajstić information content (AvgIpc) is 2.33. The van der Waals surface area contributed by atoms with Gasteiger partial charge in [-0.3, -0.25) is 4.72 Å². The van der Waals surface area contributed by atoms with Gasteiger partial charge < -0.3 is 5.73 Å². The van der Waals surface area contributed by atoms with E-state index >= 15 is 0 Å². The van der Waals surface area contributed by atoms with E-state index in [0.29, 0.717) is 5.56 Å². The van der Waals surface area contributed by atoms with E-state index in [4.69, 9.17) is 17.3 Å². The Labute approximate surface area is 120 Å². The van der Waals surface area contributed by atoms with Crippen molar-refractivity contribution >= 4 is 33.0 Å². The molecule has 8 heteroatoms. The molecule has 0 amide bonds. The van der Waals surface area contributed by atoms with Crippen LogP contribution < -0.4 is 10.5 Å². The largest absolute Gasteiger partial charge is 0.398 e. The molecule has 0 atom stereocenters. The zero-order chi connectivity index (χ0) is 14.9. The van der Waals surface area contributed by atoms with Gasteiger partial charge >= 0.3 is 0 Å². The second kappa shape index (κ2) is 5.26. The first kappa shape index (κ1) is 14.5. The van der Waals surface area contributed by atoms with Gasteiger partial charge in [0, 0.05) is 6.20 Å². The third kappa shape index (κ3) is 2.83. The molecule has 3 N–H and O–H groups in total. The summed E-state index contributed by atoms with van der Waals surface area (Å²) in [5.74, 6) is -0.614. The number of hydrogen-bond donors (Lipinski definition) is 2. The van der Waals surface area contributed by atoms with Gasteiger partial charge in [-0.2, -0.15) is 0 Å². The summed E-state index contributed by atoms with van der Waals surface area (Å²) in [6, 6.07) is 4.65. The Kier molecular flexibility index (Phi) is 3.82. The van der Waals surface area contributed by atoms with Crippen LogP contribution >= 0.6 is 11.6 Å². The Morgan fingerprint density at radius 2 is 2.05 bits per heavy atom. The van der Waals surface area contributed by atoms with E-state index < -0.39 is 15.8 Å². The fourth-order valence-electron chi connectivity index (χ4n) is 1.60. The van der Waals surface area contributed by atoms with Crippen molar-refractivity contribution in [1.82, 2.24) is 4.98 Å². The van der Waals surface area contributed by atoms with Gasteiger partial charge in [-0.25, -0.2) is 17.8 Å². The maximum absolute atomic E-state index is 13.0.